The number of carbonyl (C=O) groups excluding carboxylic acids is 1. The van der Waals surface area contributed by atoms with Crippen LogP contribution in [-0.2, 0) is 24.1 Å². The lowest BCUT2D eigenvalue weighted by Crippen LogP contribution is -2.40. The summed E-state index contributed by atoms with van der Waals surface area (Å²) in [5, 5.41) is 10.9. The van der Waals surface area contributed by atoms with Crippen molar-refractivity contribution in [2.75, 3.05) is 6.54 Å². The summed E-state index contributed by atoms with van der Waals surface area (Å²) in [4.78, 5) is 13.6. The van der Waals surface area contributed by atoms with E-state index >= 15 is 0 Å². The van der Waals surface area contributed by atoms with Gasteiger partial charge in [-0.05, 0) is 29.5 Å². The number of alkyl halides is 6. The van der Waals surface area contributed by atoms with Gasteiger partial charge in [-0.25, -0.2) is 0 Å². The van der Waals surface area contributed by atoms with Crippen LogP contribution in [0.1, 0.15) is 11.3 Å². The van der Waals surface area contributed by atoms with Crippen molar-refractivity contribution in [1.82, 2.24) is 25.1 Å². The molecule has 7 nitrogen and oxygen atoms in total. The Morgan fingerprint density at radius 2 is 1.87 bits per heavy atom. The second kappa shape index (κ2) is 8.16. The SMILES string of the molecule is O=C(Cn1nnc(-c2cccc(C(F)(F)F)c2)n1)N(Cc1ccco1)CC(F)(F)F. The Morgan fingerprint density at radius 3 is 2.50 bits per heavy atom. The molecule has 0 aliphatic carbocycles. The number of furan rings is 1. The first-order valence-electron chi connectivity index (χ1n) is 8.33. The molecule has 0 spiro atoms. The maximum Gasteiger partial charge on any atom is 0.416 e. The molecule has 0 unspecified atom stereocenters. The van der Waals surface area contributed by atoms with Gasteiger partial charge in [-0.2, -0.15) is 31.1 Å². The molecule has 1 aromatic carbocycles. The average molecular weight is 433 g/mol. The number of halogens is 6. The van der Waals surface area contributed by atoms with Gasteiger partial charge in [-0.1, -0.05) is 12.1 Å². The van der Waals surface area contributed by atoms with Crippen molar-refractivity contribution in [3.8, 4) is 11.4 Å². The van der Waals surface area contributed by atoms with E-state index in [-0.39, 0.29) is 17.1 Å². The zero-order valence-electron chi connectivity index (χ0n) is 15.0. The Balaban J connectivity index is 1.75. The third kappa shape index (κ3) is 5.58. The molecule has 2 aromatic heterocycles. The van der Waals surface area contributed by atoms with Crippen LogP contribution in [0.25, 0.3) is 11.4 Å². The minimum absolute atomic E-state index is 0.00810. The van der Waals surface area contributed by atoms with Gasteiger partial charge in [0.1, 0.15) is 18.8 Å². The van der Waals surface area contributed by atoms with E-state index in [9.17, 15) is 31.1 Å². The molecular weight excluding hydrogens is 420 g/mol. The summed E-state index contributed by atoms with van der Waals surface area (Å²) in [5.74, 6) is -1.04. The highest BCUT2D eigenvalue weighted by atomic mass is 19.4. The molecule has 0 aliphatic rings. The van der Waals surface area contributed by atoms with Crippen molar-refractivity contribution < 1.29 is 35.6 Å². The van der Waals surface area contributed by atoms with Gasteiger partial charge in [-0.15, -0.1) is 10.2 Å². The Hall–Kier alpha value is -3.38. The molecule has 1 amide bonds. The van der Waals surface area contributed by atoms with E-state index in [2.05, 4.69) is 15.4 Å². The predicted octanol–water partition coefficient (Wildman–Crippen LogP) is 3.54. The first-order chi connectivity index (χ1) is 14.0. The molecular formula is C17H13F6N5O2. The number of amides is 1. The zero-order valence-corrected chi connectivity index (χ0v) is 15.0. The quantitative estimate of drug-likeness (QED) is 0.556. The largest absolute Gasteiger partial charge is 0.467 e. The van der Waals surface area contributed by atoms with Crippen molar-refractivity contribution in [3.05, 3.63) is 54.0 Å². The van der Waals surface area contributed by atoms with Gasteiger partial charge in [0.25, 0.3) is 0 Å². The third-order valence-electron chi connectivity index (χ3n) is 3.83. The lowest BCUT2D eigenvalue weighted by atomic mass is 10.1. The average Bonchev–Trinajstić information content (AvgIpc) is 3.31. The number of hydrogen-bond donors (Lipinski definition) is 0. The fraction of sp³-hybridized carbons (Fsp3) is 0.294. The summed E-state index contributed by atoms with van der Waals surface area (Å²) in [6, 6.07) is 7.00. The Bertz CT molecular complexity index is 997. The molecule has 0 N–H and O–H groups in total. The van der Waals surface area contributed by atoms with Crippen LogP contribution in [0.15, 0.2) is 47.1 Å². The highest BCUT2D eigenvalue weighted by molar-refractivity contribution is 5.75. The van der Waals surface area contributed by atoms with E-state index in [1.165, 1.54) is 24.5 Å². The minimum atomic E-state index is -4.65. The normalized spacial score (nSPS) is 12.2. The molecule has 30 heavy (non-hydrogen) atoms. The van der Waals surface area contributed by atoms with Crippen molar-refractivity contribution in [2.24, 2.45) is 0 Å². The summed E-state index contributed by atoms with van der Waals surface area (Å²) >= 11 is 0. The van der Waals surface area contributed by atoms with Gasteiger partial charge in [-0.3, -0.25) is 4.79 Å². The highest BCUT2D eigenvalue weighted by Crippen LogP contribution is 2.31. The third-order valence-corrected chi connectivity index (χ3v) is 3.83. The first kappa shape index (κ1) is 21.3. The highest BCUT2D eigenvalue weighted by Gasteiger charge is 2.34. The summed E-state index contributed by atoms with van der Waals surface area (Å²) in [6.45, 7) is -2.65. The van der Waals surface area contributed by atoms with Gasteiger partial charge in [0.05, 0.1) is 18.4 Å². The number of benzene rings is 1. The predicted molar refractivity (Wildman–Crippen MR) is 88.4 cm³/mol. The first-order valence-corrected chi connectivity index (χ1v) is 8.33. The number of tetrazole rings is 1. The van der Waals surface area contributed by atoms with Crippen LogP contribution in [0.4, 0.5) is 26.3 Å². The molecule has 0 radical (unpaired) electrons. The number of aromatic nitrogens is 4. The molecule has 0 fully saturated rings. The topological polar surface area (TPSA) is 77.1 Å². The lowest BCUT2D eigenvalue weighted by molar-refractivity contribution is -0.163. The monoisotopic (exact) mass is 433 g/mol. The molecule has 0 saturated heterocycles. The van der Waals surface area contributed by atoms with Crippen molar-refractivity contribution in [2.45, 2.75) is 25.4 Å². The van der Waals surface area contributed by atoms with E-state index in [1.807, 2.05) is 0 Å². The number of rotatable bonds is 6. The van der Waals surface area contributed by atoms with E-state index in [4.69, 9.17) is 4.42 Å². The van der Waals surface area contributed by atoms with Crippen LogP contribution in [0.2, 0.25) is 0 Å². The van der Waals surface area contributed by atoms with Crippen molar-refractivity contribution in [1.29, 1.82) is 0 Å². The maximum absolute atomic E-state index is 12.8. The fourth-order valence-electron chi connectivity index (χ4n) is 2.52. The number of nitrogens with zero attached hydrogens (tertiary/aromatic N) is 5. The van der Waals surface area contributed by atoms with Crippen molar-refractivity contribution >= 4 is 5.91 Å². The van der Waals surface area contributed by atoms with Crippen LogP contribution >= 0.6 is 0 Å². The molecule has 3 aromatic rings. The molecule has 0 bridgehead atoms. The zero-order chi connectivity index (χ0) is 21.9. The number of carbonyl (C=O) groups is 1. The van der Waals surface area contributed by atoms with Gasteiger partial charge < -0.3 is 9.32 Å². The fourth-order valence-corrected chi connectivity index (χ4v) is 2.52. The Morgan fingerprint density at radius 1 is 1.10 bits per heavy atom. The molecule has 13 heteroatoms. The van der Waals surface area contributed by atoms with Crippen LogP contribution in [0, 0.1) is 0 Å². The summed E-state index contributed by atoms with van der Waals surface area (Å²) in [7, 11) is 0. The molecule has 0 aliphatic heterocycles. The van der Waals surface area contributed by atoms with E-state index in [1.54, 1.807) is 0 Å². The number of hydrogen-bond acceptors (Lipinski definition) is 5. The Kier molecular flexibility index (Phi) is 5.80. The minimum Gasteiger partial charge on any atom is -0.467 e. The smallest absolute Gasteiger partial charge is 0.416 e. The molecule has 160 valence electrons. The molecule has 3 rings (SSSR count). The summed E-state index contributed by atoms with van der Waals surface area (Å²) in [5.41, 5.74) is -0.937. The van der Waals surface area contributed by atoms with Gasteiger partial charge in [0.2, 0.25) is 11.7 Å². The van der Waals surface area contributed by atoms with Crippen LogP contribution in [0.5, 0.6) is 0 Å². The second-order valence-electron chi connectivity index (χ2n) is 6.17. The molecule has 2 heterocycles. The standard InChI is InChI=1S/C17H13F6N5O2/c18-16(19,20)10-27(8-13-5-2-6-30-13)14(29)9-28-25-15(24-26-28)11-3-1-4-12(7-11)17(21,22)23/h1-7H,8-10H2. The van der Waals surface area contributed by atoms with Crippen molar-refractivity contribution in [3.63, 3.8) is 0 Å². The van der Waals surface area contributed by atoms with Gasteiger partial charge in [0, 0.05) is 5.56 Å². The van der Waals surface area contributed by atoms with Gasteiger partial charge >= 0.3 is 12.4 Å². The lowest BCUT2D eigenvalue weighted by Gasteiger charge is -2.22. The van der Waals surface area contributed by atoms with Gasteiger partial charge in [0.15, 0.2) is 0 Å². The van der Waals surface area contributed by atoms with E-state index < -0.39 is 43.5 Å². The van der Waals surface area contributed by atoms with E-state index in [0.717, 1.165) is 18.2 Å². The molecule has 0 saturated carbocycles. The van der Waals surface area contributed by atoms with E-state index in [0.29, 0.717) is 9.70 Å². The van der Waals surface area contributed by atoms with Crippen LogP contribution in [-0.4, -0.2) is 43.7 Å². The maximum atomic E-state index is 12.8. The van der Waals surface area contributed by atoms with Crippen LogP contribution < -0.4 is 0 Å². The van der Waals surface area contributed by atoms with Crippen LogP contribution in [0.3, 0.4) is 0 Å². The summed E-state index contributed by atoms with van der Waals surface area (Å²) in [6.07, 6.45) is -7.97. The summed E-state index contributed by atoms with van der Waals surface area (Å²) < 4.78 is 81.9. The molecule has 0 atom stereocenters. The Labute approximate surface area is 164 Å². The second-order valence-corrected chi connectivity index (χ2v) is 6.17.